The summed E-state index contributed by atoms with van der Waals surface area (Å²) in [6, 6.07) is 0. The van der Waals surface area contributed by atoms with Crippen molar-refractivity contribution in [3.63, 3.8) is 0 Å². The van der Waals surface area contributed by atoms with Crippen molar-refractivity contribution in [2.75, 3.05) is 0 Å². The Morgan fingerprint density at radius 2 is 2.00 bits per heavy atom. The fourth-order valence-corrected chi connectivity index (χ4v) is 0. The van der Waals surface area contributed by atoms with Crippen LogP contribution >= 0.6 is 0 Å². The summed E-state index contributed by atoms with van der Waals surface area (Å²) in [5, 5.41) is 8.44. The molecule has 0 aliphatic rings. The fourth-order valence-electron chi connectivity index (χ4n) is 0. The van der Waals surface area contributed by atoms with Gasteiger partial charge in [0, 0.05) is 0 Å². The monoisotopic (exact) mass is 180 g/mol. The Bertz CT molecular complexity index is 20.9. The molecule has 2 radical (unpaired) electrons. The van der Waals surface area contributed by atoms with E-state index in [1.54, 1.807) is 0 Å². The van der Waals surface area contributed by atoms with Crippen LogP contribution in [0.15, 0.2) is 0 Å². The van der Waals surface area contributed by atoms with Crippen molar-refractivity contribution in [3.8, 4) is 0 Å². The Labute approximate surface area is 42.6 Å². The van der Waals surface area contributed by atoms with Crippen molar-refractivity contribution in [3.05, 3.63) is 0 Å². The molecule has 0 rings (SSSR count). The molecule has 0 saturated carbocycles. The Kier molecular flexibility index (Phi) is 3.42. The summed E-state index contributed by atoms with van der Waals surface area (Å²) in [6.07, 6.45) is 0. The molecule has 0 aliphatic heterocycles. The Morgan fingerprint density at radius 3 is 2.00 bits per heavy atom. The first kappa shape index (κ1) is 5.76. The zero-order chi connectivity index (χ0) is 4.28. The minimum atomic E-state index is -0.310. The van der Waals surface area contributed by atoms with Crippen molar-refractivity contribution in [2.45, 2.75) is 16.0 Å². The quantitative estimate of drug-likeness (QED) is 0.564. The van der Waals surface area contributed by atoms with Crippen LogP contribution in [-0.2, 0) is 0 Å². The van der Waals surface area contributed by atoms with E-state index in [1.165, 1.54) is 0 Å². The Morgan fingerprint density at radius 1 is 1.80 bits per heavy atom. The van der Waals surface area contributed by atoms with Gasteiger partial charge >= 0.3 is 42.2 Å². The van der Waals surface area contributed by atoms with Gasteiger partial charge in [0.15, 0.2) is 0 Å². The summed E-state index contributed by atoms with van der Waals surface area (Å²) in [7, 11) is 0. The number of hydrogen-bond donors (Lipinski definition) is 1. The molecule has 0 aromatic rings. The van der Waals surface area contributed by atoms with E-state index in [-0.39, 0.29) is 25.3 Å². The van der Waals surface area contributed by atoms with E-state index >= 15 is 0 Å². The van der Waals surface area contributed by atoms with Crippen LogP contribution in [0.1, 0.15) is 6.92 Å². The van der Waals surface area contributed by atoms with E-state index in [2.05, 4.69) is 4.94 Å². The average molecular weight is 179 g/mol. The van der Waals surface area contributed by atoms with Crippen LogP contribution in [0, 0.1) is 0 Å². The molecule has 0 aromatic heterocycles. The summed E-state index contributed by atoms with van der Waals surface area (Å²) in [5.41, 5.74) is 0. The van der Waals surface area contributed by atoms with E-state index < -0.39 is 0 Å². The summed E-state index contributed by atoms with van der Waals surface area (Å²) in [5.74, 6) is 0. The summed E-state index contributed by atoms with van der Waals surface area (Å²) >= 11 is -0.310. The van der Waals surface area contributed by atoms with Gasteiger partial charge in [-0.05, 0) is 0 Å². The first-order chi connectivity index (χ1) is 2.27. The second-order valence-electron chi connectivity index (χ2n) is 0.965. The van der Waals surface area contributed by atoms with E-state index in [9.17, 15) is 0 Å². The summed E-state index contributed by atoms with van der Waals surface area (Å²) < 4.78 is 0.0543. The van der Waals surface area contributed by atoms with Crippen molar-refractivity contribution in [1.29, 1.82) is 0 Å². The molecule has 0 saturated heterocycles. The molecular weight excluding hydrogens is 171 g/mol. The van der Waals surface area contributed by atoms with Crippen LogP contribution in [0.25, 0.3) is 0 Å². The molecule has 0 fully saturated rings. The van der Waals surface area contributed by atoms with Crippen LogP contribution in [0.3, 0.4) is 0 Å². The van der Waals surface area contributed by atoms with Crippen LogP contribution in [0.4, 0.5) is 0 Å². The molecule has 0 bridgehead atoms. The Balaban J connectivity index is 2.54. The summed E-state index contributed by atoms with van der Waals surface area (Å²) in [6.45, 7) is 1.85. The minimum absolute atomic E-state index is 0.0543. The van der Waals surface area contributed by atoms with Gasteiger partial charge < -0.3 is 0 Å². The molecule has 0 spiro atoms. The topological polar surface area (TPSA) is 20.2 Å². The van der Waals surface area contributed by atoms with E-state index in [0.717, 1.165) is 0 Å². The predicted molar refractivity (Wildman–Crippen MR) is 23.3 cm³/mol. The molecule has 30 valence electrons. The molecule has 1 N–H and O–H groups in total. The molecular formula is C3H8OSn. The van der Waals surface area contributed by atoms with Crippen LogP contribution < -0.4 is 0 Å². The van der Waals surface area contributed by atoms with Gasteiger partial charge in [0.25, 0.3) is 0 Å². The first-order valence-corrected chi connectivity index (χ1v) is 6.13. The molecule has 0 heterocycles. The third-order valence-electron chi connectivity index (χ3n) is 0.418. The second kappa shape index (κ2) is 2.97. The van der Waals surface area contributed by atoms with Crippen molar-refractivity contribution < 1.29 is 5.11 Å². The van der Waals surface area contributed by atoms with Crippen molar-refractivity contribution in [2.24, 2.45) is 0 Å². The van der Waals surface area contributed by atoms with E-state index in [0.29, 0.717) is 0 Å². The zero-order valence-electron chi connectivity index (χ0n) is 3.52. The number of hydrogen-bond acceptors (Lipinski definition) is 1. The molecule has 1 atom stereocenters. The van der Waals surface area contributed by atoms with Gasteiger partial charge in [-0.3, -0.25) is 0 Å². The summed E-state index contributed by atoms with van der Waals surface area (Å²) in [4.78, 5) is 2.12. The standard InChI is InChI=1S/C2H5O.CH3.Sn/c1-2-3;;/h2-3H,1H3;1H3;. The van der Waals surface area contributed by atoms with Crippen molar-refractivity contribution in [1.82, 2.24) is 0 Å². The average Bonchev–Trinajstić information content (AvgIpc) is 1.38. The first-order valence-electron chi connectivity index (χ1n) is 1.62. The normalized spacial score (nSPS) is 15.0. The Hall–Kier alpha value is 0.759. The van der Waals surface area contributed by atoms with Crippen LogP contribution in [0.2, 0.25) is 4.94 Å². The van der Waals surface area contributed by atoms with Crippen molar-refractivity contribution >= 4 is 21.1 Å². The van der Waals surface area contributed by atoms with Crippen LogP contribution in [-0.4, -0.2) is 30.4 Å². The third-order valence-corrected chi connectivity index (χ3v) is 2.80. The molecule has 2 heteroatoms. The number of aliphatic hydroxyl groups is 1. The molecule has 0 aliphatic carbocycles. The van der Waals surface area contributed by atoms with Gasteiger partial charge in [0.05, 0.1) is 0 Å². The molecule has 0 amide bonds. The predicted octanol–water partition coefficient (Wildman–Crippen LogP) is 0.0770. The van der Waals surface area contributed by atoms with Gasteiger partial charge in [0.2, 0.25) is 0 Å². The molecule has 0 aromatic carbocycles. The SMILES string of the molecule is [CH3][Sn][CH](C)O. The van der Waals surface area contributed by atoms with E-state index in [4.69, 9.17) is 5.11 Å². The van der Waals surface area contributed by atoms with Gasteiger partial charge in [-0.25, -0.2) is 0 Å². The number of rotatable bonds is 1. The molecule has 5 heavy (non-hydrogen) atoms. The third kappa shape index (κ3) is 4.76. The van der Waals surface area contributed by atoms with Gasteiger partial charge in [-0.1, -0.05) is 0 Å². The van der Waals surface area contributed by atoms with Gasteiger partial charge in [0.1, 0.15) is 0 Å². The molecule has 1 nitrogen and oxygen atoms in total. The molecule has 1 unspecified atom stereocenters. The van der Waals surface area contributed by atoms with Gasteiger partial charge in [-0.2, -0.15) is 0 Å². The van der Waals surface area contributed by atoms with Crippen LogP contribution in [0.5, 0.6) is 0 Å². The zero-order valence-corrected chi connectivity index (χ0v) is 6.38. The maximum absolute atomic E-state index is 8.44. The second-order valence-corrected chi connectivity index (χ2v) is 5.00. The van der Waals surface area contributed by atoms with E-state index in [1.807, 2.05) is 6.92 Å². The number of aliphatic hydroxyl groups excluding tert-OH is 1. The van der Waals surface area contributed by atoms with Gasteiger partial charge in [-0.15, -0.1) is 0 Å². The maximum atomic E-state index is 8.44. The fraction of sp³-hybridized carbons (Fsp3) is 1.00.